The molecule has 1 aromatic rings. The van der Waals surface area contributed by atoms with Crippen molar-refractivity contribution >= 4 is 17.6 Å². The smallest absolute Gasteiger partial charge is 0.336 e. The molecule has 140 valence electrons. The first-order chi connectivity index (χ1) is 12.3. The van der Waals surface area contributed by atoms with Crippen LogP contribution < -0.4 is 10.5 Å². The minimum atomic E-state index is -1.10. The third kappa shape index (κ3) is 3.77. The van der Waals surface area contributed by atoms with Crippen molar-refractivity contribution in [3.8, 4) is 0 Å². The normalized spacial score (nSPS) is 18.3. The average molecular weight is 362 g/mol. The van der Waals surface area contributed by atoms with E-state index in [9.17, 15) is 20.0 Å². The van der Waals surface area contributed by atoms with Crippen LogP contribution in [0, 0.1) is 5.21 Å². The number of hydrogen-bond donors (Lipinski definition) is 3. The number of benzene rings is 1. The van der Waals surface area contributed by atoms with E-state index in [0.717, 1.165) is 0 Å². The van der Waals surface area contributed by atoms with Crippen molar-refractivity contribution in [2.75, 3.05) is 13.7 Å². The number of ether oxygens (including phenoxy) is 2. The van der Waals surface area contributed by atoms with Gasteiger partial charge < -0.3 is 20.0 Å². The van der Waals surface area contributed by atoms with Crippen molar-refractivity contribution in [2.24, 2.45) is 0 Å². The molecule has 0 radical (unpaired) electrons. The standard InChI is InChI=1S/C18H22N2O6/c1-5-26-18(22)15-11(3)19-10(2)14(17(21)25-4)16(15)12-7-6-8-13(9-12)20(23)24/h6-9,16,19-20,23H,5H2,1-4H3/t16-/m1/s1. The van der Waals surface area contributed by atoms with Gasteiger partial charge in [0.25, 0.3) is 0 Å². The van der Waals surface area contributed by atoms with Crippen molar-refractivity contribution in [2.45, 2.75) is 26.7 Å². The first-order valence-electron chi connectivity index (χ1n) is 8.09. The molecule has 1 unspecified atom stereocenters. The maximum Gasteiger partial charge on any atom is 0.336 e. The molecule has 2 atom stereocenters. The second kappa shape index (κ2) is 8.13. The van der Waals surface area contributed by atoms with Crippen LogP contribution in [-0.2, 0) is 19.1 Å². The topological polar surface area (TPSA) is 112 Å². The fourth-order valence-corrected chi connectivity index (χ4v) is 3.04. The van der Waals surface area contributed by atoms with Crippen LogP contribution in [-0.4, -0.2) is 30.9 Å². The van der Waals surface area contributed by atoms with Crippen LogP contribution in [0.2, 0.25) is 0 Å². The van der Waals surface area contributed by atoms with Gasteiger partial charge in [0, 0.05) is 23.5 Å². The van der Waals surface area contributed by atoms with E-state index in [-0.39, 0.29) is 23.4 Å². The molecule has 0 saturated carbocycles. The first-order valence-corrected chi connectivity index (χ1v) is 8.09. The zero-order chi connectivity index (χ0) is 19.4. The molecule has 26 heavy (non-hydrogen) atoms. The molecule has 0 fully saturated rings. The van der Waals surface area contributed by atoms with Crippen LogP contribution >= 0.6 is 0 Å². The molecule has 1 heterocycles. The number of carbonyl (C=O) groups is 2. The Balaban J connectivity index is 2.68. The summed E-state index contributed by atoms with van der Waals surface area (Å²) in [7, 11) is 1.25. The number of hydrogen-bond acceptors (Lipinski definition) is 7. The van der Waals surface area contributed by atoms with E-state index in [1.54, 1.807) is 32.9 Å². The highest BCUT2D eigenvalue weighted by Gasteiger charge is 2.38. The molecular weight excluding hydrogens is 340 g/mol. The highest BCUT2D eigenvalue weighted by atomic mass is 16.8. The Labute approximate surface area is 151 Å². The minimum Gasteiger partial charge on any atom is -0.595 e. The van der Waals surface area contributed by atoms with Crippen LogP contribution in [0.1, 0.15) is 32.3 Å². The molecule has 0 aliphatic carbocycles. The molecule has 0 saturated heterocycles. The molecule has 1 aromatic carbocycles. The number of dihydropyridines is 1. The summed E-state index contributed by atoms with van der Waals surface area (Å²) < 4.78 is 10.0. The van der Waals surface area contributed by atoms with Crippen LogP contribution in [0.15, 0.2) is 46.8 Å². The summed E-state index contributed by atoms with van der Waals surface area (Å²) in [4.78, 5) is 25.0. The minimum absolute atomic E-state index is 0.0590. The van der Waals surface area contributed by atoms with Gasteiger partial charge in [-0.2, -0.15) is 5.23 Å². The van der Waals surface area contributed by atoms with Gasteiger partial charge in [-0.05, 0) is 26.3 Å². The Morgan fingerprint density at radius 1 is 1.23 bits per heavy atom. The largest absolute Gasteiger partial charge is 0.595 e. The predicted molar refractivity (Wildman–Crippen MR) is 92.1 cm³/mol. The second-order valence-corrected chi connectivity index (χ2v) is 5.78. The Hall–Kier alpha value is -2.68. The Kier molecular flexibility index (Phi) is 6.14. The van der Waals surface area contributed by atoms with Gasteiger partial charge >= 0.3 is 11.9 Å². The van der Waals surface area contributed by atoms with E-state index in [1.807, 2.05) is 0 Å². The zero-order valence-electron chi connectivity index (χ0n) is 15.1. The van der Waals surface area contributed by atoms with E-state index in [0.29, 0.717) is 17.0 Å². The first kappa shape index (κ1) is 19.6. The lowest BCUT2D eigenvalue weighted by molar-refractivity contribution is -0.991. The molecule has 8 heteroatoms. The van der Waals surface area contributed by atoms with E-state index in [1.165, 1.54) is 19.2 Å². The molecule has 0 bridgehead atoms. The fourth-order valence-electron chi connectivity index (χ4n) is 3.04. The molecule has 2 rings (SSSR count). The van der Waals surface area contributed by atoms with Crippen LogP contribution in [0.3, 0.4) is 0 Å². The van der Waals surface area contributed by atoms with Crippen molar-refractivity contribution in [3.05, 3.63) is 57.6 Å². The summed E-state index contributed by atoms with van der Waals surface area (Å²) in [5.74, 6) is -1.96. The van der Waals surface area contributed by atoms with Gasteiger partial charge in [-0.15, -0.1) is 0 Å². The number of esters is 2. The number of carbonyl (C=O) groups excluding carboxylic acids is 2. The molecule has 3 N–H and O–H groups in total. The molecule has 1 aliphatic heterocycles. The average Bonchev–Trinajstić information content (AvgIpc) is 2.60. The van der Waals surface area contributed by atoms with Gasteiger partial charge in [0.15, 0.2) is 5.69 Å². The maximum absolute atomic E-state index is 12.6. The predicted octanol–water partition coefficient (Wildman–Crippen LogP) is 1.06. The molecule has 0 amide bonds. The van der Waals surface area contributed by atoms with E-state index >= 15 is 0 Å². The van der Waals surface area contributed by atoms with Crippen LogP contribution in [0.25, 0.3) is 0 Å². The van der Waals surface area contributed by atoms with Crippen molar-refractivity contribution in [1.29, 1.82) is 0 Å². The maximum atomic E-state index is 12.6. The van der Waals surface area contributed by atoms with Gasteiger partial charge in [0.1, 0.15) is 0 Å². The number of nitrogens with one attached hydrogen (secondary N) is 2. The highest BCUT2D eigenvalue weighted by molar-refractivity contribution is 5.99. The third-order valence-corrected chi connectivity index (χ3v) is 4.13. The number of allylic oxidation sites excluding steroid dienone is 2. The lowest BCUT2D eigenvalue weighted by atomic mass is 9.80. The summed E-state index contributed by atoms with van der Waals surface area (Å²) in [6.07, 6.45) is 0. The Bertz CT molecular complexity index is 782. The summed E-state index contributed by atoms with van der Waals surface area (Å²) in [6.45, 7) is 5.27. The molecule has 8 nitrogen and oxygen atoms in total. The summed E-state index contributed by atoms with van der Waals surface area (Å²) in [6, 6.07) is 6.14. The Morgan fingerprint density at radius 3 is 2.38 bits per heavy atom. The molecular formula is C18H22N2O6. The second-order valence-electron chi connectivity index (χ2n) is 5.78. The number of methoxy groups -OCH3 is 1. The van der Waals surface area contributed by atoms with Gasteiger partial charge in [-0.3, -0.25) is 0 Å². The lowest BCUT2D eigenvalue weighted by Gasteiger charge is -2.30. The molecule has 1 aliphatic rings. The van der Waals surface area contributed by atoms with E-state index in [4.69, 9.17) is 9.47 Å². The van der Waals surface area contributed by atoms with Crippen molar-refractivity contribution in [3.63, 3.8) is 0 Å². The quantitative estimate of drug-likeness (QED) is 0.530. The van der Waals surface area contributed by atoms with Gasteiger partial charge in [0.05, 0.1) is 30.8 Å². The van der Waals surface area contributed by atoms with Gasteiger partial charge in [0.2, 0.25) is 0 Å². The lowest BCUT2D eigenvalue weighted by Crippen LogP contribution is -2.99. The SMILES string of the molecule is CCOC(=O)C1=C(C)NC(C)=C(C(=O)OC)[C@H]1c1cccc([NH+]([O-])O)c1. The van der Waals surface area contributed by atoms with Gasteiger partial charge in [-0.25, -0.2) is 14.8 Å². The van der Waals surface area contributed by atoms with E-state index in [2.05, 4.69) is 5.32 Å². The van der Waals surface area contributed by atoms with Crippen molar-refractivity contribution < 1.29 is 29.5 Å². The summed E-state index contributed by atoms with van der Waals surface area (Å²) in [5, 5.41) is 22.5. The number of quaternary nitrogens is 1. The summed E-state index contributed by atoms with van der Waals surface area (Å²) >= 11 is 0. The van der Waals surface area contributed by atoms with Crippen LogP contribution in [0.4, 0.5) is 5.69 Å². The van der Waals surface area contributed by atoms with E-state index < -0.39 is 23.1 Å². The fraction of sp³-hybridized carbons (Fsp3) is 0.333. The third-order valence-electron chi connectivity index (χ3n) is 4.13. The number of rotatable bonds is 5. The highest BCUT2D eigenvalue weighted by Crippen LogP contribution is 2.39. The summed E-state index contributed by atoms with van der Waals surface area (Å²) in [5.41, 5.74) is 2.12. The zero-order valence-corrected chi connectivity index (χ0v) is 15.1. The molecule has 0 aromatic heterocycles. The van der Waals surface area contributed by atoms with Crippen molar-refractivity contribution in [1.82, 2.24) is 5.32 Å². The Morgan fingerprint density at radius 2 is 1.85 bits per heavy atom. The van der Waals surface area contributed by atoms with Crippen LogP contribution in [0.5, 0.6) is 0 Å². The van der Waals surface area contributed by atoms with Gasteiger partial charge in [-0.1, -0.05) is 12.1 Å². The monoisotopic (exact) mass is 362 g/mol. The molecule has 0 spiro atoms.